The van der Waals surface area contributed by atoms with Gasteiger partial charge in [0, 0.05) is 11.6 Å². The largest absolute Gasteiger partial charge is 0.478 e. The van der Waals surface area contributed by atoms with Gasteiger partial charge in [-0.15, -0.1) is 0 Å². The molecule has 0 aliphatic carbocycles. The topological polar surface area (TPSA) is 63.6 Å². The maximum Gasteiger partial charge on any atom is 0.333 e. The SMILES string of the molecule is COC(=O)/C(C)=C\C(=O)O. The van der Waals surface area contributed by atoms with Gasteiger partial charge in [0.15, 0.2) is 0 Å². The van der Waals surface area contributed by atoms with Gasteiger partial charge in [-0.05, 0) is 6.92 Å². The molecule has 10 heavy (non-hydrogen) atoms. The molecule has 1 N–H and O–H groups in total. The van der Waals surface area contributed by atoms with E-state index in [0.29, 0.717) is 0 Å². The first-order valence-electron chi connectivity index (χ1n) is 2.57. The molecule has 0 amide bonds. The van der Waals surface area contributed by atoms with E-state index in [2.05, 4.69) is 4.74 Å². The molecule has 56 valence electrons. The van der Waals surface area contributed by atoms with Crippen LogP contribution in [-0.4, -0.2) is 24.2 Å². The van der Waals surface area contributed by atoms with Gasteiger partial charge in [-0.25, -0.2) is 9.59 Å². The van der Waals surface area contributed by atoms with Crippen molar-refractivity contribution in [3.8, 4) is 0 Å². The molecule has 4 nitrogen and oxygen atoms in total. The van der Waals surface area contributed by atoms with E-state index in [1.807, 2.05) is 0 Å². The van der Waals surface area contributed by atoms with E-state index in [0.717, 1.165) is 6.08 Å². The summed E-state index contributed by atoms with van der Waals surface area (Å²) < 4.78 is 4.24. The fraction of sp³-hybridized carbons (Fsp3) is 0.333. The van der Waals surface area contributed by atoms with E-state index in [4.69, 9.17) is 5.11 Å². The summed E-state index contributed by atoms with van der Waals surface area (Å²) in [5, 5.41) is 8.14. The first kappa shape index (κ1) is 8.68. The number of hydrogen-bond acceptors (Lipinski definition) is 3. The molecule has 0 rings (SSSR count). The van der Waals surface area contributed by atoms with Crippen LogP contribution >= 0.6 is 0 Å². The van der Waals surface area contributed by atoms with Crippen molar-refractivity contribution in [1.29, 1.82) is 0 Å². The predicted molar refractivity (Wildman–Crippen MR) is 33.4 cm³/mol. The second-order valence-corrected chi connectivity index (χ2v) is 1.66. The summed E-state index contributed by atoms with van der Waals surface area (Å²) in [6.07, 6.45) is 0.797. The van der Waals surface area contributed by atoms with Crippen molar-refractivity contribution in [2.75, 3.05) is 7.11 Å². The van der Waals surface area contributed by atoms with Crippen molar-refractivity contribution < 1.29 is 19.4 Å². The van der Waals surface area contributed by atoms with Crippen LogP contribution in [0, 0.1) is 0 Å². The van der Waals surface area contributed by atoms with Crippen molar-refractivity contribution in [2.24, 2.45) is 0 Å². The lowest BCUT2D eigenvalue weighted by molar-refractivity contribution is -0.137. The maximum absolute atomic E-state index is 10.5. The van der Waals surface area contributed by atoms with E-state index >= 15 is 0 Å². The first-order valence-corrected chi connectivity index (χ1v) is 2.57. The van der Waals surface area contributed by atoms with Crippen LogP contribution in [0.3, 0.4) is 0 Å². The average molecular weight is 144 g/mol. The Kier molecular flexibility index (Phi) is 3.17. The third-order valence-corrected chi connectivity index (χ3v) is 0.847. The van der Waals surface area contributed by atoms with Gasteiger partial charge in [0.1, 0.15) is 0 Å². The summed E-state index contributed by atoms with van der Waals surface area (Å²) in [7, 11) is 1.20. The normalized spacial score (nSPS) is 10.8. The van der Waals surface area contributed by atoms with Gasteiger partial charge < -0.3 is 9.84 Å². The molecule has 0 aromatic carbocycles. The molecule has 0 fully saturated rings. The molecule has 0 aliphatic heterocycles. The molecule has 0 radical (unpaired) electrons. The number of carboxylic acid groups (broad SMARTS) is 1. The van der Waals surface area contributed by atoms with Crippen molar-refractivity contribution >= 4 is 11.9 Å². The highest BCUT2D eigenvalue weighted by molar-refractivity contribution is 5.95. The summed E-state index contributed by atoms with van der Waals surface area (Å²) >= 11 is 0. The number of carbonyl (C=O) groups is 2. The molecule has 0 heterocycles. The van der Waals surface area contributed by atoms with Crippen LogP contribution in [0.1, 0.15) is 6.92 Å². The van der Waals surface area contributed by atoms with Gasteiger partial charge in [-0.1, -0.05) is 0 Å². The number of hydrogen-bond donors (Lipinski definition) is 1. The van der Waals surface area contributed by atoms with Crippen LogP contribution < -0.4 is 0 Å². The molecular weight excluding hydrogens is 136 g/mol. The molecule has 0 aromatic heterocycles. The molecule has 0 aliphatic rings. The maximum atomic E-state index is 10.5. The van der Waals surface area contributed by atoms with Crippen LogP contribution in [0.2, 0.25) is 0 Å². The average Bonchev–Trinajstić information content (AvgIpc) is 1.85. The van der Waals surface area contributed by atoms with E-state index in [1.165, 1.54) is 14.0 Å². The zero-order chi connectivity index (χ0) is 8.15. The second kappa shape index (κ2) is 3.66. The van der Waals surface area contributed by atoms with Gasteiger partial charge in [0.2, 0.25) is 0 Å². The van der Waals surface area contributed by atoms with Gasteiger partial charge in [-0.2, -0.15) is 0 Å². The smallest absolute Gasteiger partial charge is 0.333 e. The van der Waals surface area contributed by atoms with Crippen molar-refractivity contribution in [1.82, 2.24) is 0 Å². The zero-order valence-electron chi connectivity index (χ0n) is 5.75. The highest BCUT2D eigenvalue weighted by atomic mass is 16.5. The molecule has 0 aromatic rings. The molecule has 0 saturated carbocycles. The Bertz CT molecular complexity index is 180. The Morgan fingerprint density at radius 1 is 1.50 bits per heavy atom. The third kappa shape index (κ3) is 2.86. The fourth-order valence-corrected chi connectivity index (χ4v) is 0.405. The van der Waals surface area contributed by atoms with Crippen LogP contribution in [0.25, 0.3) is 0 Å². The number of methoxy groups -OCH3 is 1. The minimum atomic E-state index is -1.15. The Morgan fingerprint density at radius 3 is 2.30 bits per heavy atom. The first-order chi connectivity index (χ1) is 4.57. The monoisotopic (exact) mass is 144 g/mol. The van der Waals surface area contributed by atoms with Gasteiger partial charge in [-0.3, -0.25) is 0 Å². The molecule has 0 bridgehead atoms. The second-order valence-electron chi connectivity index (χ2n) is 1.66. The molecule has 0 unspecified atom stereocenters. The summed E-state index contributed by atoms with van der Waals surface area (Å²) in [5.41, 5.74) is 0.0787. The lowest BCUT2D eigenvalue weighted by Crippen LogP contribution is -2.03. The Labute approximate surface area is 58.1 Å². The molecule has 0 atom stereocenters. The van der Waals surface area contributed by atoms with E-state index < -0.39 is 11.9 Å². The fourth-order valence-electron chi connectivity index (χ4n) is 0.405. The van der Waals surface area contributed by atoms with E-state index in [1.54, 1.807) is 0 Å². The number of rotatable bonds is 2. The predicted octanol–water partition coefficient (Wildman–Crippen LogP) is 0.190. The molecule has 0 saturated heterocycles. The van der Waals surface area contributed by atoms with Gasteiger partial charge >= 0.3 is 11.9 Å². The summed E-state index contributed by atoms with van der Waals surface area (Å²) in [5.74, 6) is -1.77. The summed E-state index contributed by atoms with van der Waals surface area (Å²) in [6, 6.07) is 0. The number of aliphatic carboxylic acids is 1. The minimum Gasteiger partial charge on any atom is -0.478 e. The number of carboxylic acids is 1. The molecule has 4 heteroatoms. The molecular formula is C6H8O4. The van der Waals surface area contributed by atoms with E-state index in [9.17, 15) is 9.59 Å². The highest BCUT2D eigenvalue weighted by Gasteiger charge is 2.03. The minimum absolute atomic E-state index is 0.0787. The van der Waals surface area contributed by atoms with Gasteiger partial charge in [0.25, 0.3) is 0 Å². The molecule has 0 spiro atoms. The summed E-state index contributed by atoms with van der Waals surface area (Å²) in [4.78, 5) is 20.4. The van der Waals surface area contributed by atoms with Gasteiger partial charge in [0.05, 0.1) is 7.11 Å². The van der Waals surface area contributed by atoms with Crippen molar-refractivity contribution in [2.45, 2.75) is 6.92 Å². The highest BCUT2D eigenvalue weighted by Crippen LogP contribution is 1.93. The van der Waals surface area contributed by atoms with Crippen LogP contribution in [-0.2, 0) is 14.3 Å². The lowest BCUT2D eigenvalue weighted by atomic mass is 10.3. The Morgan fingerprint density at radius 2 is 2.00 bits per heavy atom. The van der Waals surface area contributed by atoms with E-state index in [-0.39, 0.29) is 5.57 Å². The summed E-state index contributed by atoms with van der Waals surface area (Å²) in [6.45, 7) is 1.37. The number of carbonyl (C=O) groups excluding carboxylic acids is 1. The lowest BCUT2D eigenvalue weighted by Gasteiger charge is -1.94. The van der Waals surface area contributed by atoms with Crippen molar-refractivity contribution in [3.05, 3.63) is 11.6 Å². The zero-order valence-corrected chi connectivity index (χ0v) is 5.75. The van der Waals surface area contributed by atoms with Crippen molar-refractivity contribution in [3.63, 3.8) is 0 Å². The Balaban J connectivity index is 4.19. The standard InChI is InChI=1S/C6H8O4/c1-4(3-5(7)8)6(9)10-2/h3H,1-2H3,(H,7,8)/b4-3-. The van der Waals surface area contributed by atoms with Crippen LogP contribution in [0.15, 0.2) is 11.6 Å². The quantitative estimate of drug-likeness (QED) is 0.444. The number of ether oxygens (including phenoxy) is 1. The Hall–Kier alpha value is -1.32. The third-order valence-electron chi connectivity index (χ3n) is 0.847. The van der Waals surface area contributed by atoms with Crippen LogP contribution in [0.5, 0.6) is 0 Å². The number of esters is 1. The van der Waals surface area contributed by atoms with Crippen LogP contribution in [0.4, 0.5) is 0 Å².